The molecule has 0 saturated carbocycles. The lowest BCUT2D eigenvalue weighted by atomic mass is 10.00. The van der Waals surface area contributed by atoms with Gasteiger partial charge in [-0.05, 0) is 55.1 Å². The number of nitrogens with zero attached hydrogens (tertiary/aromatic N) is 3. The Bertz CT molecular complexity index is 427. The fourth-order valence-corrected chi connectivity index (χ4v) is 3.55. The van der Waals surface area contributed by atoms with Crippen LogP contribution in [-0.2, 0) is 24.2 Å². The lowest BCUT2D eigenvalue weighted by molar-refractivity contribution is 0.0546. The van der Waals surface area contributed by atoms with E-state index in [1.807, 2.05) is 0 Å². The molecule has 0 radical (unpaired) electrons. The van der Waals surface area contributed by atoms with Crippen LogP contribution in [0, 0.1) is 5.92 Å². The van der Waals surface area contributed by atoms with Crippen LogP contribution in [0.5, 0.6) is 0 Å². The van der Waals surface area contributed by atoms with Crippen LogP contribution >= 0.6 is 15.9 Å². The Labute approximate surface area is 130 Å². The molecular weight excluding hydrogens is 318 g/mol. The highest BCUT2D eigenvalue weighted by Crippen LogP contribution is 2.24. The summed E-state index contributed by atoms with van der Waals surface area (Å²) in [6.07, 6.45) is 3.36. The van der Waals surface area contributed by atoms with Gasteiger partial charge in [0.2, 0.25) is 0 Å². The summed E-state index contributed by atoms with van der Waals surface area (Å²) in [5.41, 5.74) is 2.47. The standard InChI is InChI=1S/C15H26BrN3O/c1-4-13-15(16)14(19(5-2)17-13)11-18(3)10-12-6-8-20-9-7-12/h12H,4-11H2,1-3H3. The van der Waals surface area contributed by atoms with Crippen LogP contribution in [0.2, 0.25) is 0 Å². The fraction of sp³-hybridized carbons (Fsp3) is 0.800. The highest BCUT2D eigenvalue weighted by atomic mass is 79.9. The van der Waals surface area contributed by atoms with Gasteiger partial charge in [0.15, 0.2) is 0 Å². The van der Waals surface area contributed by atoms with Crippen molar-refractivity contribution in [1.29, 1.82) is 0 Å². The predicted molar refractivity (Wildman–Crippen MR) is 84.9 cm³/mol. The minimum absolute atomic E-state index is 0.774. The Morgan fingerprint density at radius 3 is 2.65 bits per heavy atom. The number of rotatable bonds is 6. The molecule has 1 saturated heterocycles. The Hall–Kier alpha value is -0.390. The van der Waals surface area contributed by atoms with E-state index in [0.717, 1.165) is 45.2 Å². The van der Waals surface area contributed by atoms with Crippen molar-refractivity contribution in [2.24, 2.45) is 5.92 Å². The van der Waals surface area contributed by atoms with Crippen molar-refractivity contribution in [1.82, 2.24) is 14.7 Å². The van der Waals surface area contributed by atoms with Gasteiger partial charge in [-0.15, -0.1) is 0 Å². The summed E-state index contributed by atoms with van der Waals surface area (Å²) in [6.45, 7) is 9.19. The molecule has 0 unspecified atom stereocenters. The average Bonchev–Trinajstić information content (AvgIpc) is 2.76. The molecule has 4 nitrogen and oxygen atoms in total. The van der Waals surface area contributed by atoms with Crippen molar-refractivity contribution >= 4 is 15.9 Å². The minimum Gasteiger partial charge on any atom is -0.381 e. The van der Waals surface area contributed by atoms with Crippen molar-refractivity contribution in [2.75, 3.05) is 26.8 Å². The molecule has 114 valence electrons. The predicted octanol–water partition coefficient (Wildman–Crippen LogP) is 3.09. The molecule has 1 aromatic heterocycles. The van der Waals surface area contributed by atoms with Gasteiger partial charge in [-0.25, -0.2) is 0 Å². The highest BCUT2D eigenvalue weighted by Gasteiger charge is 2.19. The first-order chi connectivity index (χ1) is 9.65. The van der Waals surface area contributed by atoms with E-state index in [1.54, 1.807) is 0 Å². The molecule has 0 aromatic carbocycles. The van der Waals surface area contributed by atoms with Crippen LogP contribution in [0.4, 0.5) is 0 Å². The third-order valence-electron chi connectivity index (χ3n) is 4.02. The largest absolute Gasteiger partial charge is 0.381 e. The van der Waals surface area contributed by atoms with Gasteiger partial charge >= 0.3 is 0 Å². The first-order valence-electron chi connectivity index (χ1n) is 7.66. The SMILES string of the molecule is CCc1nn(CC)c(CN(C)CC2CCOCC2)c1Br. The van der Waals surface area contributed by atoms with E-state index in [2.05, 4.69) is 51.5 Å². The molecule has 0 atom stereocenters. The van der Waals surface area contributed by atoms with E-state index in [1.165, 1.54) is 28.7 Å². The molecule has 2 rings (SSSR count). The zero-order chi connectivity index (χ0) is 14.5. The summed E-state index contributed by atoms with van der Waals surface area (Å²) >= 11 is 3.73. The number of aryl methyl sites for hydroxylation is 2. The van der Waals surface area contributed by atoms with Crippen LogP contribution in [0.3, 0.4) is 0 Å². The van der Waals surface area contributed by atoms with Crippen LogP contribution in [0.1, 0.15) is 38.1 Å². The summed E-state index contributed by atoms with van der Waals surface area (Å²) in [7, 11) is 2.21. The van der Waals surface area contributed by atoms with Crippen molar-refractivity contribution in [2.45, 2.75) is 46.2 Å². The van der Waals surface area contributed by atoms with Crippen molar-refractivity contribution < 1.29 is 4.74 Å². The molecule has 1 aliphatic heterocycles. The van der Waals surface area contributed by atoms with Gasteiger partial charge in [0.05, 0.1) is 15.9 Å². The number of halogens is 1. The maximum atomic E-state index is 5.43. The molecule has 1 fully saturated rings. The third kappa shape index (κ3) is 3.83. The highest BCUT2D eigenvalue weighted by molar-refractivity contribution is 9.10. The summed E-state index contributed by atoms with van der Waals surface area (Å²) < 4.78 is 8.76. The van der Waals surface area contributed by atoms with E-state index in [-0.39, 0.29) is 0 Å². The molecule has 1 aromatic rings. The van der Waals surface area contributed by atoms with E-state index in [0.29, 0.717) is 0 Å². The van der Waals surface area contributed by atoms with Gasteiger partial charge in [0, 0.05) is 32.8 Å². The molecule has 0 bridgehead atoms. The van der Waals surface area contributed by atoms with Gasteiger partial charge in [-0.3, -0.25) is 4.68 Å². The first kappa shape index (κ1) is 16.0. The number of ether oxygens (including phenoxy) is 1. The molecule has 0 amide bonds. The molecule has 0 aliphatic carbocycles. The molecule has 20 heavy (non-hydrogen) atoms. The maximum Gasteiger partial charge on any atom is 0.0767 e. The van der Waals surface area contributed by atoms with E-state index in [4.69, 9.17) is 4.74 Å². The zero-order valence-electron chi connectivity index (χ0n) is 12.9. The molecule has 0 N–H and O–H groups in total. The first-order valence-corrected chi connectivity index (χ1v) is 8.45. The Kier molecular flexibility index (Phi) is 6.05. The zero-order valence-corrected chi connectivity index (χ0v) is 14.4. The van der Waals surface area contributed by atoms with Crippen molar-refractivity contribution in [3.8, 4) is 0 Å². The lowest BCUT2D eigenvalue weighted by Crippen LogP contribution is -2.30. The smallest absolute Gasteiger partial charge is 0.0767 e. The Morgan fingerprint density at radius 1 is 1.35 bits per heavy atom. The Morgan fingerprint density at radius 2 is 2.05 bits per heavy atom. The fourth-order valence-electron chi connectivity index (χ4n) is 2.86. The third-order valence-corrected chi connectivity index (χ3v) is 4.94. The van der Waals surface area contributed by atoms with E-state index < -0.39 is 0 Å². The van der Waals surface area contributed by atoms with Gasteiger partial charge in [-0.2, -0.15) is 5.10 Å². The van der Waals surface area contributed by atoms with Crippen LogP contribution < -0.4 is 0 Å². The second-order valence-electron chi connectivity index (χ2n) is 5.63. The topological polar surface area (TPSA) is 30.3 Å². The number of hydrogen-bond donors (Lipinski definition) is 0. The summed E-state index contributed by atoms with van der Waals surface area (Å²) in [4.78, 5) is 2.42. The quantitative estimate of drug-likeness (QED) is 0.795. The monoisotopic (exact) mass is 343 g/mol. The van der Waals surface area contributed by atoms with E-state index in [9.17, 15) is 0 Å². The van der Waals surface area contributed by atoms with Crippen LogP contribution in [0.15, 0.2) is 4.47 Å². The van der Waals surface area contributed by atoms with Crippen LogP contribution in [-0.4, -0.2) is 41.5 Å². The van der Waals surface area contributed by atoms with E-state index >= 15 is 0 Å². The number of aromatic nitrogens is 2. The minimum atomic E-state index is 0.774. The second kappa shape index (κ2) is 7.57. The summed E-state index contributed by atoms with van der Waals surface area (Å²) in [5, 5.41) is 4.67. The molecule has 1 aliphatic rings. The molecule has 5 heteroatoms. The lowest BCUT2D eigenvalue weighted by Gasteiger charge is -2.27. The normalized spacial score (nSPS) is 17.1. The van der Waals surface area contributed by atoms with Crippen LogP contribution in [0.25, 0.3) is 0 Å². The molecule has 0 spiro atoms. The summed E-state index contributed by atoms with van der Waals surface area (Å²) in [5.74, 6) is 0.774. The summed E-state index contributed by atoms with van der Waals surface area (Å²) in [6, 6.07) is 0. The van der Waals surface area contributed by atoms with Gasteiger partial charge in [0.25, 0.3) is 0 Å². The average molecular weight is 344 g/mol. The maximum absolute atomic E-state index is 5.43. The molecule has 2 heterocycles. The molecular formula is C15H26BrN3O. The van der Waals surface area contributed by atoms with Gasteiger partial charge < -0.3 is 9.64 Å². The van der Waals surface area contributed by atoms with Crippen molar-refractivity contribution in [3.63, 3.8) is 0 Å². The second-order valence-corrected chi connectivity index (χ2v) is 6.42. The van der Waals surface area contributed by atoms with Gasteiger partial charge in [0.1, 0.15) is 0 Å². The number of hydrogen-bond acceptors (Lipinski definition) is 3. The Balaban J connectivity index is 1.99. The van der Waals surface area contributed by atoms with Gasteiger partial charge in [-0.1, -0.05) is 6.92 Å². The van der Waals surface area contributed by atoms with Crippen molar-refractivity contribution in [3.05, 3.63) is 15.9 Å².